The molecule has 8 heteroatoms. The number of likely N-dealkylation sites (tertiary alicyclic amines) is 1. The van der Waals surface area contributed by atoms with E-state index >= 15 is 0 Å². The Balaban J connectivity index is 0.00000196. The number of benzene rings is 1. The van der Waals surface area contributed by atoms with Gasteiger partial charge in [-0.3, -0.25) is 14.5 Å². The highest BCUT2D eigenvalue weighted by Crippen LogP contribution is 2.35. The van der Waals surface area contributed by atoms with Crippen molar-refractivity contribution in [2.24, 2.45) is 0 Å². The van der Waals surface area contributed by atoms with Gasteiger partial charge in [0.2, 0.25) is 11.8 Å². The van der Waals surface area contributed by atoms with Crippen molar-refractivity contribution in [3.05, 3.63) is 29.6 Å². The summed E-state index contributed by atoms with van der Waals surface area (Å²) in [6.45, 7) is 5.45. The highest BCUT2D eigenvalue weighted by molar-refractivity contribution is 6.01. The summed E-state index contributed by atoms with van der Waals surface area (Å²) in [7, 11) is 0. The first kappa shape index (κ1) is 19.1. The molecule has 1 aromatic carbocycles. The molecule has 3 heterocycles. The molecule has 0 bridgehead atoms. The van der Waals surface area contributed by atoms with E-state index in [1.165, 1.54) is 12.1 Å². The van der Waals surface area contributed by atoms with E-state index in [1.54, 1.807) is 6.07 Å². The van der Waals surface area contributed by atoms with Crippen LogP contribution in [0.5, 0.6) is 0 Å². The summed E-state index contributed by atoms with van der Waals surface area (Å²) < 4.78 is 13.5. The number of hydrogen-bond acceptors (Lipinski definition) is 4. The van der Waals surface area contributed by atoms with Gasteiger partial charge >= 0.3 is 0 Å². The molecule has 0 aliphatic carbocycles. The molecule has 1 aromatic rings. The van der Waals surface area contributed by atoms with Crippen LogP contribution in [-0.2, 0) is 9.59 Å². The van der Waals surface area contributed by atoms with Gasteiger partial charge in [-0.05, 0) is 24.1 Å². The minimum Gasteiger partial charge on any atom is -0.341 e. The fourth-order valence-electron chi connectivity index (χ4n) is 4.17. The third-order valence-electron chi connectivity index (χ3n) is 5.50. The maximum atomic E-state index is 13.5. The number of fused-ring (bicyclic) bond motifs is 1. The monoisotopic (exact) mass is 382 g/mol. The van der Waals surface area contributed by atoms with Gasteiger partial charge in [0, 0.05) is 57.4 Å². The number of hydrogen-bond donors (Lipinski definition) is 2. The van der Waals surface area contributed by atoms with Crippen LogP contribution in [0.25, 0.3) is 0 Å². The Morgan fingerprint density at radius 1 is 1.19 bits per heavy atom. The minimum atomic E-state index is -0.508. The summed E-state index contributed by atoms with van der Waals surface area (Å²) in [5.74, 6) is -1.16. The predicted octanol–water partition coefficient (Wildman–Crippen LogP) is 1.18. The van der Waals surface area contributed by atoms with E-state index in [0.29, 0.717) is 18.3 Å². The minimum absolute atomic E-state index is 0. The van der Waals surface area contributed by atoms with Crippen molar-refractivity contribution in [1.29, 1.82) is 0 Å². The maximum absolute atomic E-state index is 13.5. The van der Waals surface area contributed by atoms with E-state index in [4.69, 9.17) is 0 Å². The van der Waals surface area contributed by atoms with Crippen LogP contribution in [0.2, 0.25) is 0 Å². The smallest absolute Gasteiger partial charge is 0.230 e. The summed E-state index contributed by atoms with van der Waals surface area (Å²) in [6, 6.07) is 4.66. The molecule has 2 N–H and O–H groups in total. The normalized spacial score (nSPS) is 26.0. The molecule has 2 saturated heterocycles. The molecular weight excluding hydrogens is 359 g/mol. The van der Waals surface area contributed by atoms with E-state index in [2.05, 4.69) is 15.5 Å². The van der Waals surface area contributed by atoms with E-state index in [-0.39, 0.29) is 30.6 Å². The fourth-order valence-corrected chi connectivity index (χ4v) is 4.17. The van der Waals surface area contributed by atoms with Crippen LogP contribution in [0.1, 0.15) is 24.3 Å². The Morgan fingerprint density at radius 3 is 2.73 bits per heavy atom. The van der Waals surface area contributed by atoms with Gasteiger partial charge in [0.05, 0.1) is 5.92 Å². The number of anilines is 1. The third-order valence-corrected chi connectivity index (χ3v) is 5.50. The van der Waals surface area contributed by atoms with Crippen LogP contribution in [0.4, 0.5) is 10.1 Å². The van der Waals surface area contributed by atoms with Gasteiger partial charge in [0.1, 0.15) is 5.82 Å². The van der Waals surface area contributed by atoms with E-state index < -0.39 is 11.7 Å². The van der Waals surface area contributed by atoms with Gasteiger partial charge in [-0.2, -0.15) is 0 Å². The van der Waals surface area contributed by atoms with Crippen LogP contribution < -0.4 is 10.6 Å². The standard InChI is InChI=1S/C18H23FN4O2.ClH/c19-12-1-2-14-15(10-17(24)21-16(14)9-12)18(25)23-6-3-13(11-23)22-7-4-20-5-8-22;/h1-2,9,13,15,20H,3-8,10-11H2,(H,21,24);1H. The summed E-state index contributed by atoms with van der Waals surface area (Å²) in [6.07, 6.45) is 1.10. The molecule has 0 aromatic heterocycles. The summed E-state index contributed by atoms with van der Waals surface area (Å²) in [5, 5.41) is 6.02. The molecule has 0 spiro atoms. The molecule has 4 rings (SSSR count). The van der Waals surface area contributed by atoms with E-state index in [0.717, 1.165) is 44.7 Å². The van der Waals surface area contributed by atoms with E-state index in [1.807, 2.05) is 4.90 Å². The Labute approximate surface area is 158 Å². The zero-order valence-corrected chi connectivity index (χ0v) is 15.4. The van der Waals surface area contributed by atoms with Crippen LogP contribution in [0.3, 0.4) is 0 Å². The van der Waals surface area contributed by atoms with Crippen molar-refractivity contribution in [3.63, 3.8) is 0 Å². The molecule has 2 atom stereocenters. The quantitative estimate of drug-likeness (QED) is 0.806. The second kappa shape index (κ2) is 7.90. The first-order valence-corrected chi connectivity index (χ1v) is 8.94. The van der Waals surface area contributed by atoms with Crippen LogP contribution in [-0.4, -0.2) is 66.9 Å². The zero-order valence-electron chi connectivity index (χ0n) is 14.5. The van der Waals surface area contributed by atoms with Gasteiger partial charge in [-0.1, -0.05) is 6.07 Å². The highest BCUT2D eigenvalue weighted by Gasteiger charge is 2.37. The lowest BCUT2D eigenvalue weighted by molar-refractivity contribution is -0.134. The summed E-state index contributed by atoms with van der Waals surface area (Å²) in [4.78, 5) is 29.3. The molecule has 26 heavy (non-hydrogen) atoms. The van der Waals surface area contributed by atoms with Crippen LogP contribution in [0.15, 0.2) is 18.2 Å². The second-order valence-electron chi connectivity index (χ2n) is 7.05. The summed E-state index contributed by atoms with van der Waals surface area (Å²) >= 11 is 0. The topological polar surface area (TPSA) is 64.7 Å². The van der Waals surface area contributed by atoms with Gasteiger partial charge < -0.3 is 15.5 Å². The Hall–Kier alpha value is -1.70. The van der Waals surface area contributed by atoms with Gasteiger partial charge in [0.15, 0.2) is 0 Å². The Morgan fingerprint density at radius 2 is 1.96 bits per heavy atom. The lowest BCUT2D eigenvalue weighted by Crippen LogP contribution is -2.49. The molecule has 6 nitrogen and oxygen atoms in total. The number of nitrogens with zero attached hydrogens (tertiary/aromatic N) is 2. The van der Waals surface area contributed by atoms with Gasteiger partial charge in [-0.25, -0.2) is 4.39 Å². The number of halogens is 2. The lowest BCUT2D eigenvalue weighted by atomic mass is 9.89. The molecular formula is C18H24ClFN4O2. The Kier molecular flexibility index (Phi) is 5.79. The van der Waals surface area contributed by atoms with Crippen molar-refractivity contribution >= 4 is 29.9 Å². The first-order valence-electron chi connectivity index (χ1n) is 8.94. The molecule has 0 radical (unpaired) electrons. The number of rotatable bonds is 2. The third kappa shape index (κ3) is 3.70. The molecule has 3 aliphatic heterocycles. The van der Waals surface area contributed by atoms with Gasteiger partial charge in [0.25, 0.3) is 0 Å². The largest absolute Gasteiger partial charge is 0.341 e. The second-order valence-corrected chi connectivity index (χ2v) is 7.05. The average Bonchev–Trinajstić information content (AvgIpc) is 3.11. The highest BCUT2D eigenvalue weighted by atomic mass is 35.5. The van der Waals surface area contributed by atoms with Crippen LogP contribution >= 0.6 is 12.4 Å². The SMILES string of the molecule is Cl.O=C1CC(C(=O)N2CCC(N3CCNCC3)C2)c2ccc(F)cc2N1. The first-order chi connectivity index (χ1) is 12.1. The summed E-state index contributed by atoms with van der Waals surface area (Å²) in [5.41, 5.74) is 1.14. The molecule has 0 saturated carbocycles. The predicted molar refractivity (Wildman–Crippen MR) is 99.1 cm³/mol. The van der Waals surface area contributed by atoms with Crippen molar-refractivity contribution in [2.75, 3.05) is 44.6 Å². The number of carbonyl (C=O) groups excluding carboxylic acids is 2. The van der Waals surface area contributed by atoms with Crippen molar-refractivity contribution < 1.29 is 14.0 Å². The van der Waals surface area contributed by atoms with Crippen LogP contribution in [0, 0.1) is 5.82 Å². The number of piperazine rings is 1. The van der Waals surface area contributed by atoms with Crippen molar-refractivity contribution in [3.8, 4) is 0 Å². The zero-order chi connectivity index (χ0) is 17.4. The molecule has 3 aliphatic rings. The lowest BCUT2D eigenvalue weighted by Gasteiger charge is -2.33. The van der Waals surface area contributed by atoms with Crippen molar-refractivity contribution in [2.45, 2.75) is 24.8 Å². The van der Waals surface area contributed by atoms with Gasteiger partial charge in [-0.15, -0.1) is 12.4 Å². The average molecular weight is 383 g/mol. The van der Waals surface area contributed by atoms with E-state index in [9.17, 15) is 14.0 Å². The fraction of sp³-hybridized carbons (Fsp3) is 0.556. The molecule has 2 unspecified atom stereocenters. The molecule has 2 fully saturated rings. The maximum Gasteiger partial charge on any atom is 0.230 e. The number of nitrogens with one attached hydrogen (secondary N) is 2. The molecule has 2 amide bonds. The number of carbonyl (C=O) groups is 2. The number of amides is 2. The van der Waals surface area contributed by atoms with Crippen molar-refractivity contribution in [1.82, 2.24) is 15.1 Å². The molecule has 142 valence electrons. The Bertz CT molecular complexity index is 696.